The Hall–Kier alpha value is -1.99. The van der Waals surface area contributed by atoms with E-state index in [2.05, 4.69) is 16.6 Å². The van der Waals surface area contributed by atoms with Crippen molar-refractivity contribution in [2.24, 2.45) is 0 Å². The Morgan fingerprint density at radius 2 is 2.16 bits per heavy atom. The van der Waals surface area contributed by atoms with E-state index in [1.54, 1.807) is 0 Å². The Morgan fingerprint density at radius 3 is 2.92 bits per heavy atom. The van der Waals surface area contributed by atoms with E-state index >= 15 is 0 Å². The second-order valence-corrected chi connectivity index (χ2v) is 7.38. The molecule has 1 spiro atoms. The van der Waals surface area contributed by atoms with E-state index in [-0.39, 0.29) is 23.6 Å². The first-order valence-electron chi connectivity index (χ1n) is 9.38. The molecule has 2 atom stereocenters. The average molecular weight is 340 g/mol. The molecule has 3 rings (SSSR count). The molecule has 4 heteroatoms. The Balaban J connectivity index is 1.54. The SMILES string of the molecule is C#Cc1cccc(NC(C)C(=O)NC2CCOC3(CCCCC3)C2)c1. The van der Waals surface area contributed by atoms with Crippen LogP contribution in [-0.2, 0) is 9.53 Å². The quantitative estimate of drug-likeness (QED) is 0.825. The number of terminal acetylenes is 1. The summed E-state index contributed by atoms with van der Waals surface area (Å²) in [5.41, 5.74) is 1.68. The Morgan fingerprint density at radius 1 is 1.36 bits per heavy atom. The summed E-state index contributed by atoms with van der Waals surface area (Å²) in [6, 6.07) is 7.49. The van der Waals surface area contributed by atoms with Crippen LogP contribution in [0.4, 0.5) is 5.69 Å². The van der Waals surface area contributed by atoms with Crippen LogP contribution in [0, 0.1) is 12.3 Å². The molecule has 1 aliphatic heterocycles. The van der Waals surface area contributed by atoms with Gasteiger partial charge < -0.3 is 15.4 Å². The molecule has 0 radical (unpaired) electrons. The number of hydrogen-bond acceptors (Lipinski definition) is 3. The molecular formula is C21H28N2O2. The van der Waals surface area contributed by atoms with E-state index in [9.17, 15) is 4.79 Å². The van der Waals surface area contributed by atoms with Gasteiger partial charge in [0.05, 0.1) is 5.60 Å². The van der Waals surface area contributed by atoms with Crippen LogP contribution in [0.15, 0.2) is 24.3 Å². The van der Waals surface area contributed by atoms with E-state index in [1.165, 1.54) is 19.3 Å². The fourth-order valence-corrected chi connectivity index (χ4v) is 4.04. The number of carbonyl (C=O) groups excluding carboxylic acids is 1. The van der Waals surface area contributed by atoms with Gasteiger partial charge in [0.25, 0.3) is 0 Å². The fraction of sp³-hybridized carbons (Fsp3) is 0.571. The van der Waals surface area contributed by atoms with Gasteiger partial charge in [0.1, 0.15) is 6.04 Å². The third-order valence-corrected chi connectivity index (χ3v) is 5.41. The number of carbonyl (C=O) groups is 1. The summed E-state index contributed by atoms with van der Waals surface area (Å²) in [4.78, 5) is 12.6. The second-order valence-electron chi connectivity index (χ2n) is 7.38. The van der Waals surface area contributed by atoms with Crippen LogP contribution in [-0.4, -0.2) is 30.2 Å². The molecule has 1 saturated carbocycles. The lowest BCUT2D eigenvalue weighted by atomic mass is 9.78. The van der Waals surface area contributed by atoms with Gasteiger partial charge in [0.2, 0.25) is 5.91 Å². The van der Waals surface area contributed by atoms with Gasteiger partial charge in [-0.2, -0.15) is 0 Å². The zero-order valence-electron chi connectivity index (χ0n) is 15.0. The Kier molecular flexibility index (Phi) is 5.65. The van der Waals surface area contributed by atoms with Gasteiger partial charge in [-0.3, -0.25) is 4.79 Å². The number of hydrogen-bond donors (Lipinski definition) is 2. The summed E-state index contributed by atoms with van der Waals surface area (Å²) >= 11 is 0. The highest BCUT2D eigenvalue weighted by Gasteiger charge is 2.39. The van der Waals surface area contributed by atoms with Crippen molar-refractivity contribution < 1.29 is 9.53 Å². The maximum absolute atomic E-state index is 12.6. The third kappa shape index (κ3) is 4.55. The van der Waals surface area contributed by atoms with Gasteiger partial charge in [-0.05, 0) is 50.8 Å². The summed E-state index contributed by atoms with van der Waals surface area (Å²) in [7, 11) is 0. The van der Waals surface area contributed by atoms with Crippen molar-refractivity contribution in [3.63, 3.8) is 0 Å². The van der Waals surface area contributed by atoms with Crippen molar-refractivity contribution in [3.05, 3.63) is 29.8 Å². The highest BCUT2D eigenvalue weighted by Crippen LogP contribution is 2.38. The third-order valence-electron chi connectivity index (χ3n) is 5.41. The number of anilines is 1. The van der Waals surface area contributed by atoms with Gasteiger partial charge >= 0.3 is 0 Å². The predicted molar refractivity (Wildman–Crippen MR) is 100 cm³/mol. The normalized spacial score (nSPS) is 23.4. The van der Waals surface area contributed by atoms with Gasteiger partial charge in [0.15, 0.2) is 0 Å². The van der Waals surface area contributed by atoms with Crippen LogP contribution in [0.2, 0.25) is 0 Å². The molecule has 1 heterocycles. The molecule has 0 bridgehead atoms. The highest BCUT2D eigenvalue weighted by atomic mass is 16.5. The number of amides is 1. The molecule has 0 aromatic heterocycles. The molecule has 1 aromatic rings. The zero-order chi connectivity index (χ0) is 17.7. The molecule has 2 aliphatic rings. The number of benzene rings is 1. The minimum absolute atomic E-state index is 0.00619. The van der Waals surface area contributed by atoms with Crippen LogP contribution in [0.25, 0.3) is 0 Å². The largest absolute Gasteiger partial charge is 0.375 e. The molecule has 1 aliphatic carbocycles. The second kappa shape index (κ2) is 7.93. The van der Waals surface area contributed by atoms with Crippen LogP contribution in [0.5, 0.6) is 0 Å². The lowest BCUT2D eigenvalue weighted by Crippen LogP contribution is -2.51. The molecule has 1 amide bonds. The van der Waals surface area contributed by atoms with E-state index < -0.39 is 0 Å². The first-order chi connectivity index (χ1) is 12.1. The zero-order valence-corrected chi connectivity index (χ0v) is 15.0. The van der Waals surface area contributed by atoms with Gasteiger partial charge in [-0.1, -0.05) is 31.2 Å². The van der Waals surface area contributed by atoms with Crippen molar-refractivity contribution >= 4 is 11.6 Å². The van der Waals surface area contributed by atoms with Crippen molar-refractivity contribution in [2.45, 2.75) is 69.6 Å². The Bertz CT molecular complexity index is 638. The summed E-state index contributed by atoms with van der Waals surface area (Å²) in [6.45, 7) is 2.63. The smallest absolute Gasteiger partial charge is 0.242 e. The maximum Gasteiger partial charge on any atom is 0.242 e. The number of ether oxygens (including phenoxy) is 1. The van der Waals surface area contributed by atoms with Crippen molar-refractivity contribution in [2.75, 3.05) is 11.9 Å². The van der Waals surface area contributed by atoms with Crippen molar-refractivity contribution in [1.82, 2.24) is 5.32 Å². The van der Waals surface area contributed by atoms with Crippen LogP contribution < -0.4 is 10.6 Å². The van der Waals surface area contributed by atoms with Gasteiger partial charge in [0, 0.05) is 23.9 Å². The predicted octanol–water partition coefficient (Wildman–Crippen LogP) is 3.47. The van der Waals surface area contributed by atoms with E-state index in [1.807, 2.05) is 31.2 Å². The molecule has 2 unspecified atom stereocenters. The molecule has 4 nitrogen and oxygen atoms in total. The highest BCUT2D eigenvalue weighted by molar-refractivity contribution is 5.84. The molecule has 1 aromatic carbocycles. The molecule has 2 N–H and O–H groups in total. The standard InChI is InChI=1S/C21H28N2O2/c1-3-17-8-7-9-18(14-17)22-16(2)20(24)23-19-10-13-25-21(15-19)11-5-4-6-12-21/h1,7-9,14,16,19,22H,4-6,10-13,15H2,2H3,(H,23,24). The van der Waals surface area contributed by atoms with Crippen LogP contribution >= 0.6 is 0 Å². The summed E-state index contributed by atoms with van der Waals surface area (Å²) in [5, 5.41) is 6.46. The minimum atomic E-state index is -0.307. The van der Waals surface area contributed by atoms with Gasteiger partial charge in [-0.25, -0.2) is 0 Å². The molecule has 134 valence electrons. The Labute approximate surface area is 150 Å². The van der Waals surface area contributed by atoms with Gasteiger partial charge in [-0.15, -0.1) is 6.42 Å². The molecule has 2 fully saturated rings. The molecule has 1 saturated heterocycles. The van der Waals surface area contributed by atoms with E-state index in [0.717, 1.165) is 43.5 Å². The first kappa shape index (κ1) is 17.8. The monoisotopic (exact) mass is 340 g/mol. The summed E-state index contributed by atoms with van der Waals surface area (Å²) < 4.78 is 6.11. The maximum atomic E-state index is 12.6. The van der Waals surface area contributed by atoms with E-state index in [0.29, 0.717) is 0 Å². The minimum Gasteiger partial charge on any atom is -0.375 e. The average Bonchev–Trinajstić information content (AvgIpc) is 2.62. The number of nitrogens with one attached hydrogen (secondary N) is 2. The van der Waals surface area contributed by atoms with Crippen molar-refractivity contribution in [3.8, 4) is 12.3 Å². The topological polar surface area (TPSA) is 50.4 Å². The lowest BCUT2D eigenvalue weighted by molar-refractivity contribution is -0.128. The number of rotatable bonds is 4. The molecule has 25 heavy (non-hydrogen) atoms. The summed E-state index contributed by atoms with van der Waals surface area (Å²) in [6.07, 6.45) is 13.3. The fourth-order valence-electron chi connectivity index (χ4n) is 4.04. The van der Waals surface area contributed by atoms with Crippen molar-refractivity contribution in [1.29, 1.82) is 0 Å². The summed E-state index contributed by atoms with van der Waals surface area (Å²) in [5.74, 6) is 2.65. The molecular weight excluding hydrogens is 312 g/mol. The van der Waals surface area contributed by atoms with Crippen LogP contribution in [0.1, 0.15) is 57.4 Å². The van der Waals surface area contributed by atoms with E-state index in [4.69, 9.17) is 11.2 Å². The lowest BCUT2D eigenvalue weighted by Gasteiger charge is -2.43. The first-order valence-corrected chi connectivity index (χ1v) is 9.38. The van der Waals surface area contributed by atoms with Crippen LogP contribution in [0.3, 0.4) is 0 Å².